The van der Waals surface area contributed by atoms with Crippen molar-refractivity contribution in [2.75, 3.05) is 0 Å². The maximum atomic E-state index is 11.8. The first-order valence-electron chi connectivity index (χ1n) is 2.80. The van der Waals surface area contributed by atoms with Crippen LogP contribution in [0, 0.1) is 0 Å². The fraction of sp³-hybridized carbons (Fsp3) is 0.333. The molecule has 0 aromatic heterocycles. The average molecular weight is 166 g/mol. The topological polar surface area (TPSA) is 29.5 Å². The molecule has 1 atom stereocenters. The van der Waals surface area contributed by atoms with Crippen molar-refractivity contribution < 1.29 is 23.0 Å². The zero-order valence-electron chi connectivity index (χ0n) is 5.30. The molecule has 0 bridgehead atoms. The Bertz CT molecular complexity index is 204. The van der Waals surface area contributed by atoms with Gasteiger partial charge in [0.05, 0.1) is 0 Å². The lowest BCUT2D eigenvalue weighted by Gasteiger charge is -2.17. The van der Waals surface area contributed by atoms with E-state index in [0.29, 0.717) is 0 Å². The second-order valence-electron chi connectivity index (χ2n) is 1.92. The molecule has 2 nitrogen and oxygen atoms in total. The summed E-state index contributed by atoms with van der Waals surface area (Å²) in [5.41, 5.74) is 0. The van der Waals surface area contributed by atoms with Crippen LogP contribution in [-0.4, -0.2) is 17.6 Å². The molecule has 0 aromatic carbocycles. The van der Waals surface area contributed by atoms with Gasteiger partial charge >= 0.3 is 6.18 Å². The molecule has 0 aliphatic carbocycles. The molecule has 1 aliphatic heterocycles. The van der Waals surface area contributed by atoms with Gasteiger partial charge in [0.25, 0.3) is 0 Å². The summed E-state index contributed by atoms with van der Waals surface area (Å²) < 4.78 is 39.4. The van der Waals surface area contributed by atoms with E-state index in [1.165, 1.54) is 0 Å². The first-order valence-corrected chi connectivity index (χ1v) is 2.80. The Morgan fingerprint density at radius 3 is 2.45 bits per heavy atom. The van der Waals surface area contributed by atoms with Crippen LogP contribution in [0.15, 0.2) is 24.0 Å². The highest BCUT2D eigenvalue weighted by molar-refractivity contribution is 5.16. The van der Waals surface area contributed by atoms with Crippen molar-refractivity contribution in [1.82, 2.24) is 0 Å². The van der Waals surface area contributed by atoms with E-state index >= 15 is 0 Å². The van der Waals surface area contributed by atoms with Crippen LogP contribution in [0.25, 0.3) is 0 Å². The highest BCUT2D eigenvalue weighted by Crippen LogP contribution is 2.28. The summed E-state index contributed by atoms with van der Waals surface area (Å²) in [4.78, 5) is 0. The number of ether oxygens (including phenoxy) is 1. The fourth-order valence-corrected chi connectivity index (χ4v) is 0.608. The summed E-state index contributed by atoms with van der Waals surface area (Å²) >= 11 is 0. The fourth-order valence-electron chi connectivity index (χ4n) is 0.608. The van der Waals surface area contributed by atoms with Crippen molar-refractivity contribution in [1.29, 1.82) is 0 Å². The van der Waals surface area contributed by atoms with Crippen molar-refractivity contribution in [2.24, 2.45) is 0 Å². The van der Waals surface area contributed by atoms with E-state index in [2.05, 4.69) is 4.74 Å². The predicted molar refractivity (Wildman–Crippen MR) is 30.4 cm³/mol. The molecule has 1 rings (SSSR count). The molecule has 1 unspecified atom stereocenters. The van der Waals surface area contributed by atoms with Crippen LogP contribution >= 0.6 is 0 Å². The van der Waals surface area contributed by atoms with Gasteiger partial charge < -0.3 is 9.84 Å². The lowest BCUT2D eigenvalue weighted by atomic mass is 10.3. The lowest BCUT2D eigenvalue weighted by Crippen LogP contribution is -2.21. The quantitative estimate of drug-likeness (QED) is 0.588. The summed E-state index contributed by atoms with van der Waals surface area (Å²) in [6, 6.07) is 0. The third kappa shape index (κ3) is 1.98. The SMILES string of the molecule is OC1C=CC=C(C(F)(F)F)O1. The largest absolute Gasteiger partial charge is 0.456 e. The highest BCUT2D eigenvalue weighted by atomic mass is 19.4. The maximum Gasteiger partial charge on any atom is 0.449 e. The van der Waals surface area contributed by atoms with Crippen LogP contribution in [0.2, 0.25) is 0 Å². The van der Waals surface area contributed by atoms with Gasteiger partial charge in [-0.3, -0.25) is 0 Å². The highest BCUT2D eigenvalue weighted by Gasteiger charge is 2.37. The van der Waals surface area contributed by atoms with Crippen LogP contribution < -0.4 is 0 Å². The second-order valence-corrected chi connectivity index (χ2v) is 1.92. The van der Waals surface area contributed by atoms with E-state index in [4.69, 9.17) is 5.11 Å². The van der Waals surface area contributed by atoms with Crippen molar-refractivity contribution >= 4 is 0 Å². The molecular formula is C6H5F3O2. The first-order chi connectivity index (χ1) is 5.00. The zero-order chi connectivity index (χ0) is 8.48. The summed E-state index contributed by atoms with van der Waals surface area (Å²) in [5, 5.41) is 8.59. The van der Waals surface area contributed by atoms with E-state index in [0.717, 1.165) is 18.2 Å². The number of hydrogen-bond acceptors (Lipinski definition) is 2. The average Bonchev–Trinajstić information content (AvgIpc) is 1.86. The third-order valence-corrected chi connectivity index (χ3v) is 1.05. The van der Waals surface area contributed by atoms with E-state index in [1.54, 1.807) is 0 Å². The van der Waals surface area contributed by atoms with E-state index in [-0.39, 0.29) is 0 Å². The van der Waals surface area contributed by atoms with Gasteiger partial charge in [0, 0.05) is 0 Å². The summed E-state index contributed by atoms with van der Waals surface area (Å²) in [7, 11) is 0. The number of aliphatic hydroxyl groups is 1. The summed E-state index contributed by atoms with van der Waals surface area (Å²) in [6.07, 6.45) is -3.05. The van der Waals surface area contributed by atoms with Gasteiger partial charge in [0.2, 0.25) is 12.0 Å². The Labute approximate surface area is 60.6 Å². The summed E-state index contributed by atoms with van der Waals surface area (Å²) in [6.45, 7) is 0. The Hall–Kier alpha value is -0.970. The molecule has 0 spiro atoms. The van der Waals surface area contributed by atoms with Crippen LogP contribution in [0.3, 0.4) is 0 Å². The molecule has 0 fully saturated rings. The van der Waals surface area contributed by atoms with Crippen molar-refractivity contribution in [3.05, 3.63) is 24.0 Å². The molecule has 1 aliphatic rings. The van der Waals surface area contributed by atoms with Gasteiger partial charge in [0.1, 0.15) is 0 Å². The molecule has 0 amide bonds. The minimum atomic E-state index is -4.52. The van der Waals surface area contributed by atoms with Crippen LogP contribution in [0.1, 0.15) is 0 Å². The number of allylic oxidation sites excluding steroid dienone is 3. The van der Waals surface area contributed by atoms with Gasteiger partial charge in [0.15, 0.2) is 0 Å². The van der Waals surface area contributed by atoms with Gasteiger partial charge in [-0.25, -0.2) is 0 Å². The Kier molecular flexibility index (Phi) is 1.90. The molecule has 11 heavy (non-hydrogen) atoms. The Morgan fingerprint density at radius 2 is 2.09 bits per heavy atom. The molecule has 1 heterocycles. The smallest absolute Gasteiger partial charge is 0.449 e. The molecule has 0 aromatic rings. The maximum absolute atomic E-state index is 11.8. The number of aliphatic hydroxyl groups excluding tert-OH is 1. The summed E-state index contributed by atoms with van der Waals surface area (Å²) in [5.74, 6) is -1.17. The molecule has 0 saturated carbocycles. The van der Waals surface area contributed by atoms with Crippen molar-refractivity contribution in [3.8, 4) is 0 Å². The van der Waals surface area contributed by atoms with Crippen LogP contribution in [-0.2, 0) is 4.74 Å². The van der Waals surface area contributed by atoms with Gasteiger partial charge in [-0.05, 0) is 12.2 Å². The monoisotopic (exact) mass is 166 g/mol. The molecule has 5 heteroatoms. The second kappa shape index (κ2) is 2.58. The first kappa shape index (κ1) is 8.13. The Morgan fingerprint density at radius 1 is 1.45 bits per heavy atom. The predicted octanol–water partition coefficient (Wildman–Crippen LogP) is 1.34. The van der Waals surface area contributed by atoms with Gasteiger partial charge in [-0.1, -0.05) is 6.08 Å². The minimum absolute atomic E-state index is 0.757. The minimum Gasteiger partial charge on any atom is -0.456 e. The van der Waals surface area contributed by atoms with Crippen molar-refractivity contribution in [3.63, 3.8) is 0 Å². The Balaban J connectivity index is 2.75. The number of hydrogen-bond donors (Lipinski definition) is 1. The lowest BCUT2D eigenvalue weighted by molar-refractivity contribution is -0.160. The molecule has 0 radical (unpaired) electrons. The number of alkyl halides is 3. The van der Waals surface area contributed by atoms with Gasteiger partial charge in [-0.2, -0.15) is 13.2 Å². The molecule has 1 N–H and O–H groups in total. The van der Waals surface area contributed by atoms with Crippen molar-refractivity contribution in [2.45, 2.75) is 12.5 Å². The zero-order valence-corrected chi connectivity index (χ0v) is 5.30. The van der Waals surface area contributed by atoms with E-state index in [1.807, 2.05) is 0 Å². The van der Waals surface area contributed by atoms with E-state index in [9.17, 15) is 13.2 Å². The normalized spacial score (nSPS) is 24.4. The number of rotatable bonds is 0. The standard InChI is InChI=1S/C6H5F3O2/c7-6(8,9)4-2-1-3-5(10)11-4/h1-3,5,10H. The third-order valence-electron chi connectivity index (χ3n) is 1.05. The van der Waals surface area contributed by atoms with Crippen LogP contribution in [0.4, 0.5) is 13.2 Å². The molecule has 0 saturated heterocycles. The molecule has 62 valence electrons. The van der Waals surface area contributed by atoms with Gasteiger partial charge in [-0.15, -0.1) is 0 Å². The van der Waals surface area contributed by atoms with E-state index < -0.39 is 18.2 Å². The van der Waals surface area contributed by atoms with Crippen LogP contribution in [0.5, 0.6) is 0 Å². The number of halogens is 3. The molecular weight excluding hydrogens is 161 g/mol.